The first-order valence-electron chi connectivity index (χ1n) is 8.63. The fourth-order valence-electron chi connectivity index (χ4n) is 3.43. The molecule has 4 rings (SSSR count). The van der Waals surface area contributed by atoms with Crippen LogP contribution in [0.2, 0.25) is 5.02 Å². The van der Waals surface area contributed by atoms with Crippen molar-refractivity contribution < 1.29 is 13.2 Å². The van der Waals surface area contributed by atoms with Gasteiger partial charge in [-0.05, 0) is 41.8 Å². The van der Waals surface area contributed by atoms with E-state index in [0.29, 0.717) is 23.9 Å². The van der Waals surface area contributed by atoms with Crippen LogP contribution in [0, 0.1) is 0 Å². The van der Waals surface area contributed by atoms with Crippen molar-refractivity contribution in [3.63, 3.8) is 0 Å². The molecule has 1 aromatic carbocycles. The molecule has 1 N–H and O–H groups in total. The van der Waals surface area contributed by atoms with Crippen LogP contribution in [-0.2, 0) is 12.7 Å². The molecule has 0 saturated heterocycles. The van der Waals surface area contributed by atoms with Gasteiger partial charge in [0.05, 0.1) is 11.3 Å². The van der Waals surface area contributed by atoms with Gasteiger partial charge in [-0.3, -0.25) is 0 Å². The van der Waals surface area contributed by atoms with Crippen LogP contribution < -0.4 is 10.2 Å². The SMILES string of the molecule is FC(F)(F)c1ccc(Cl)cc1CN1CCNc2ncc(C3=CCC=C3)cc21. The van der Waals surface area contributed by atoms with Crippen LogP contribution in [0.3, 0.4) is 0 Å². The van der Waals surface area contributed by atoms with Gasteiger partial charge in [0.25, 0.3) is 0 Å². The van der Waals surface area contributed by atoms with Gasteiger partial charge in [0.2, 0.25) is 0 Å². The van der Waals surface area contributed by atoms with Gasteiger partial charge in [-0.15, -0.1) is 0 Å². The summed E-state index contributed by atoms with van der Waals surface area (Å²) in [5.41, 5.74) is 2.34. The predicted molar refractivity (Wildman–Crippen MR) is 102 cm³/mol. The lowest BCUT2D eigenvalue weighted by atomic mass is 10.0. The smallest absolute Gasteiger partial charge is 0.367 e. The fraction of sp³-hybridized carbons (Fsp3) is 0.250. The second kappa shape index (κ2) is 6.93. The molecule has 1 aliphatic carbocycles. The first-order chi connectivity index (χ1) is 12.9. The molecule has 2 heterocycles. The summed E-state index contributed by atoms with van der Waals surface area (Å²) in [5.74, 6) is 0.683. The number of nitrogens with one attached hydrogen (secondary N) is 1. The summed E-state index contributed by atoms with van der Waals surface area (Å²) in [4.78, 5) is 6.39. The van der Waals surface area contributed by atoms with Crippen LogP contribution in [0.4, 0.5) is 24.7 Å². The number of alkyl halides is 3. The minimum absolute atomic E-state index is 0.115. The molecular weight excluding hydrogens is 375 g/mol. The predicted octanol–water partition coefficient (Wildman–Crippen LogP) is 5.53. The highest BCUT2D eigenvalue weighted by Gasteiger charge is 2.34. The van der Waals surface area contributed by atoms with Crippen LogP contribution in [-0.4, -0.2) is 18.1 Å². The fourth-order valence-corrected chi connectivity index (χ4v) is 3.62. The molecule has 0 atom stereocenters. The van der Waals surface area contributed by atoms with Gasteiger partial charge in [-0.2, -0.15) is 13.2 Å². The maximum absolute atomic E-state index is 13.4. The van der Waals surface area contributed by atoms with Crippen molar-refractivity contribution in [1.82, 2.24) is 4.98 Å². The monoisotopic (exact) mass is 391 g/mol. The van der Waals surface area contributed by atoms with E-state index in [-0.39, 0.29) is 12.1 Å². The van der Waals surface area contributed by atoms with Crippen molar-refractivity contribution in [2.45, 2.75) is 19.1 Å². The summed E-state index contributed by atoms with van der Waals surface area (Å²) in [5, 5.41) is 3.51. The summed E-state index contributed by atoms with van der Waals surface area (Å²) in [6.07, 6.45) is 4.44. The highest BCUT2D eigenvalue weighted by molar-refractivity contribution is 6.30. The van der Waals surface area contributed by atoms with E-state index in [4.69, 9.17) is 11.6 Å². The molecule has 0 saturated carbocycles. The van der Waals surface area contributed by atoms with Crippen LogP contribution in [0.15, 0.2) is 48.7 Å². The molecule has 0 amide bonds. The van der Waals surface area contributed by atoms with Gasteiger partial charge in [-0.1, -0.05) is 29.8 Å². The average molecular weight is 392 g/mol. The number of hydrogen-bond donors (Lipinski definition) is 1. The molecule has 2 aromatic rings. The third-order valence-electron chi connectivity index (χ3n) is 4.72. The molecule has 0 fully saturated rings. The molecular formula is C20H17ClF3N3. The number of rotatable bonds is 3. The van der Waals surface area contributed by atoms with Crippen molar-refractivity contribution in [1.29, 1.82) is 0 Å². The number of halogens is 4. The molecule has 7 heteroatoms. The Morgan fingerprint density at radius 2 is 2.07 bits per heavy atom. The van der Waals surface area contributed by atoms with Gasteiger partial charge in [0.15, 0.2) is 0 Å². The molecule has 1 aromatic heterocycles. The van der Waals surface area contributed by atoms with E-state index in [1.54, 1.807) is 6.20 Å². The zero-order valence-corrected chi connectivity index (χ0v) is 15.1. The lowest BCUT2D eigenvalue weighted by molar-refractivity contribution is -0.138. The number of anilines is 2. The van der Waals surface area contributed by atoms with E-state index in [1.165, 1.54) is 12.1 Å². The van der Waals surface area contributed by atoms with E-state index in [2.05, 4.69) is 22.5 Å². The van der Waals surface area contributed by atoms with Gasteiger partial charge < -0.3 is 10.2 Å². The van der Waals surface area contributed by atoms with E-state index in [0.717, 1.165) is 29.3 Å². The minimum atomic E-state index is -4.42. The molecule has 27 heavy (non-hydrogen) atoms. The molecule has 1 aliphatic heterocycles. The minimum Gasteiger partial charge on any atom is -0.367 e. The van der Waals surface area contributed by atoms with Crippen LogP contribution in [0.1, 0.15) is 23.1 Å². The molecule has 2 aliphatic rings. The van der Waals surface area contributed by atoms with Crippen molar-refractivity contribution >= 4 is 28.7 Å². The molecule has 0 radical (unpaired) electrons. The van der Waals surface area contributed by atoms with Crippen LogP contribution >= 0.6 is 11.6 Å². The number of hydrogen-bond acceptors (Lipinski definition) is 3. The van der Waals surface area contributed by atoms with Crippen molar-refractivity contribution in [2.24, 2.45) is 0 Å². The third-order valence-corrected chi connectivity index (χ3v) is 4.96. The highest BCUT2D eigenvalue weighted by atomic mass is 35.5. The summed E-state index contributed by atoms with van der Waals surface area (Å²) < 4.78 is 40.2. The second-order valence-electron chi connectivity index (χ2n) is 6.54. The van der Waals surface area contributed by atoms with E-state index in [1.807, 2.05) is 17.0 Å². The Bertz CT molecular complexity index is 935. The van der Waals surface area contributed by atoms with Gasteiger partial charge in [0.1, 0.15) is 5.82 Å². The van der Waals surface area contributed by atoms with Gasteiger partial charge in [0, 0.05) is 36.4 Å². The Morgan fingerprint density at radius 1 is 1.22 bits per heavy atom. The van der Waals surface area contributed by atoms with Gasteiger partial charge >= 0.3 is 6.18 Å². The Morgan fingerprint density at radius 3 is 2.81 bits per heavy atom. The number of fused-ring (bicyclic) bond motifs is 1. The lowest BCUT2D eigenvalue weighted by Crippen LogP contribution is -2.34. The van der Waals surface area contributed by atoms with Crippen LogP contribution in [0.25, 0.3) is 5.57 Å². The maximum atomic E-state index is 13.4. The summed E-state index contributed by atoms with van der Waals surface area (Å²) >= 11 is 5.97. The lowest BCUT2D eigenvalue weighted by Gasteiger charge is -2.32. The highest BCUT2D eigenvalue weighted by Crippen LogP contribution is 2.37. The van der Waals surface area contributed by atoms with Crippen molar-refractivity contribution in [3.8, 4) is 0 Å². The zero-order chi connectivity index (χ0) is 19.0. The topological polar surface area (TPSA) is 28.2 Å². The van der Waals surface area contributed by atoms with E-state index >= 15 is 0 Å². The Labute approximate surface area is 160 Å². The molecule has 3 nitrogen and oxygen atoms in total. The Hall–Kier alpha value is -2.47. The summed E-state index contributed by atoms with van der Waals surface area (Å²) in [6, 6.07) is 5.70. The van der Waals surface area contributed by atoms with E-state index < -0.39 is 11.7 Å². The number of pyridine rings is 1. The third kappa shape index (κ3) is 3.67. The number of benzene rings is 1. The molecule has 0 bridgehead atoms. The first-order valence-corrected chi connectivity index (χ1v) is 9.01. The van der Waals surface area contributed by atoms with Crippen molar-refractivity contribution in [2.75, 3.05) is 23.3 Å². The largest absolute Gasteiger partial charge is 0.416 e. The van der Waals surface area contributed by atoms with E-state index in [9.17, 15) is 13.2 Å². The maximum Gasteiger partial charge on any atom is 0.416 e. The first kappa shape index (κ1) is 17.9. The van der Waals surface area contributed by atoms with Gasteiger partial charge in [-0.25, -0.2) is 4.98 Å². The number of aromatic nitrogens is 1. The average Bonchev–Trinajstić information content (AvgIpc) is 3.15. The Kier molecular flexibility index (Phi) is 4.60. The molecule has 140 valence electrons. The summed E-state index contributed by atoms with van der Waals surface area (Å²) in [7, 11) is 0. The molecule has 0 spiro atoms. The Balaban J connectivity index is 1.70. The quantitative estimate of drug-likeness (QED) is 0.745. The van der Waals surface area contributed by atoms with Crippen LogP contribution in [0.5, 0.6) is 0 Å². The second-order valence-corrected chi connectivity index (χ2v) is 6.97. The zero-order valence-electron chi connectivity index (χ0n) is 14.4. The normalized spacial score (nSPS) is 16.1. The number of nitrogens with zero attached hydrogens (tertiary/aromatic N) is 2. The molecule has 0 unspecified atom stereocenters. The summed E-state index contributed by atoms with van der Waals surface area (Å²) in [6.45, 7) is 1.31. The van der Waals surface area contributed by atoms with Crippen molar-refractivity contribution in [3.05, 3.63) is 70.4 Å². The number of allylic oxidation sites excluding steroid dienone is 4. The standard InChI is InChI=1S/C20H17ClF3N3/c21-16-5-6-17(20(22,23)24)15(9-16)12-27-8-7-25-19-18(27)10-14(11-26-19)13-3-1-2-4-13/h1,3-6,9-11H,2,7-8,12H2,(H,25,26).